The number of hydrogen-bond acceptors (Lipinski definition) is 5. The van der Waals surface area contributed by atoms with Gasteiger partial charge >= 0.3 is 0 Å². The predicted octanol–water partition coefficient (Wildman–Crippen LogP) is 2.94. The van der Waals surface area contributed by atoms with Gasteiger partial charge in [-0.2, -0.15) is 0 Å². The van der Waals surface area contributed by atoms with Gasteiger partial charge in [0.25, 0.3) is 0 Å². The Hall–Kier alpha value is -2.55. The number of hydrogen-bond donors (Lipinski definition) is 1. The molecule has 4 rings (SSSR count). The van der Waals surface area contributed by atoms with Gasteiger partial charge in [-0.1, -0.05) is 35.0 Å². The van der Waals surface area contributed by atoms with Crippen LogP contribution in [0.2, 0.25) is 0 Å². The summed E-state index contributed by atoms with van der Waals surface area (Å²) in [5, 5.41) is 2.65. The molecule has 1 fully saturated rings. The Bertz CT molecular complexity index is 949. The van der Waals surface area contributed by atoms with Crippen LogP contribution in [-0.2, 0) is 9.59 Å². The molecule has 7 nitrogen and oxygen atoms in total. The Kier molecular flexibility index (Phi) is 6.50. The maximum absolute atomic E-state index is 14.3. The zero-order valence-electron chi connectivity index (χ0n) is 17.3. The average molecular weight is 490 g/mol. The van der Waals surface area contributed by atoms with E-state index in [9.17, 15) is 14.0 Å². The molecule has 2 amide bonds. The third-order valence-corrected chi connectivity index (χ3v) is 6.64. The smallest absolute Gasteiger partial charge is 0.232 e. The number of anilines is 1. The lowest BCUT2D eigenvalue weighted by Gasteiger charge is -2.38. The number of amides is 2. The van der Waals surface area contributed by atoms with Gasteiger partial charge < -0.3 is 15.1 Å². The van der Waals surface area contributed by atoms with Crippen LogP contribution in [0.4, 0.5) is 10.2 Å². The molecule has 1 saturated heterocycles. The van der Waals surface area contributed by atoms with E-state index in [2.05, 4.69) is 36.1 Å². The molecule has 0 radical (unpaired) electrons. The molecule has 2 heterocycles. The molecule has 1 aliphatic carbocycles. The molecule has 3 atom stereocenters. The van der Waals surface area contributed by atoms with Crippen molar-refractivity contribution < 1.29 is 14.0 Å². The number of halogens is 2. The van der Waals surface area contributed by atoms with Crippen LogP contribution in [0, 0.1) is 0 Å². The second-order valence-electron chi connectivity index (χ2n) is 8.04. The molecule has 0 unspecified atom stereocenters. The monoisotopic (exact) mass is 489 g/mol. The SMILES string of the molecule is C[C@@H]1C[C@H](F)c2ncnc(N3CCN(C(=O)[C@H](CNC=O)c4ccc(Br)cc4)CC3)c21. The van der Waals surface area contributed by atoms with E-state index in [4.69, 9.17) is 0 Å². The molecule has 1 N–H and O–H groups in total. The molecule has 0 saturated carbocycles. The van der Waals surface area contributed by atoms with Crippen LogP contribution >= 0.6 is 15.9 Å². The number of nitrogens with zero attached hydrogens (tertiary/aromatic N) is 4. The number of piperazine rings is 1. The zero-order valence-corrected chi connectivity index (χ0v) is 18.9. The highest BCUT2D eigenvalue weighted by atomic mass is 79.9. The minimum atomic E-state index is -1.04. The van der Waals surface area contributed by atoms with E-state index in [1.807, 2.05) is 36.1 Å². The van der Waals surface area contributed by atoms with Gasteiger partial charge in [-0.15, -0.1) is 0 Å². The predicted molar refractivity (Wildman–Crippen MR) is 119 cm³/mol. The van der Waals surface area contributed by atoms with Crippen molar-refractivity contribution in [3.05, 3.63) is 51.9 Å². The van der Waals surface area contributed by atoms with Crippen molar-refractivity contribution in [3.63, 3.8) is 0 Å². The summed E-state index contributed by atoms with van der Waals surface area (Å²) in [6.45, 7) is 4.57. The standard InChI is InChI=1S/C22H25BrFN5O2/c1-14-10-18(24)20-19(14)21(27-12-26-20)28-6-8-29(9-7-28)22(31)17(11-25-13-30)15-2-4-16(23)5-3-15/h2-5,12-14,17-18H,6-11H2,1H3,(H,25,30)/t14-,17-,18+/m1/s1. The molecule has 2 aliphatic rings. The van der Waals surface area contributed by atoms with Crippen LogP contribution in [0.15, 0.2) is 35.1 Å². The van der Waals surface area contributed by atoms with Gasteiger partial charge in [0.15, 0.2) is 0 Å². The second-order valence-corrected chi connectivity index (χ2v) is 8.96. The van der Waals surface area contributed by atoms with Gasteiger partial charge in [0.2, 0.25) is 12.3 Å². The fourth-order valence-electron chi connectivity index (χ4n) is 4.48. The Morgan fingerprint density at radius 3 is 2.65 bits per heavy atom. The molecule has 0 bridgehead atoms. The van der Waals surface area contributed by atoms with E-state index in [1.54, 1.807) is 0 Å². The summed E-state index contributed by atoms with van der Waals surface area (Å²) in [4.78, 5) is 36.7. The maximum Gasteiger partial charge on any atom is 0.232 e. The molecule has 9 heteroatoms. The van der Waals surface area contributed by atoms with Gasteiger partial charge in [0, 0.05) is 42.8 Å². The third-order valence-electron chi connectivity index (χ3n) is 6.11. The fourth-order valence-corrected chi connectivity index (χ4v) is 4.75. The van der Waals surface area contributed by atoms with Crippen molar-refractivity contribution in [2.24, 2.45) is 0 Å². The minimum Gasteiger partial charge on any atom is -0.358 e. The third kappa shape index (κ3) is 4.42. The first kappa shape index (κ1) is 21.7. The first-order chi connectivity index (χ1) is 15.0. The number of rotatable bonds is 6. The summed E-state index contributed by atoms with van der Waals surface area (Å²) in [7, 11) is 0. The average Bonchev–Trinajstić information content (AvgIpc) is 3.09. The van der Waals surface area contributed by atoms with Crippen molar-refractivity contribution >= 4 is 34.1 Å². The molecule has 31 heavy (non-hydrogen) atoms. The van der Waals surface area contributed by atoms with Crippen LogP contribution < -0.4 is 10.2 Å². The summed E-state index contributed by atoms with van der Waals surface area (Å²) >= 11 is 3.41. The van der Waals surface area contributed by atoms with E-state index in [0.29, 0.717) is 44.7 Å². The molecule has 164 valence electrons. The summed E-state index contributed by atoms with van der Waals surface area (Å²) in [6.07, 6.45) is 1.46. The lowest BCUT2D eigenvalue weighted by atomic mass is 9.97. The van der Waals surface area contributed by atoms with Crippen molar-refractivity contribution in [2.75, 3.05) is 37.6 Å². The van der Waals surface area contributed by atoms with Gasteiger partial charge in [0.1, 0.15) is 18.3 Å². The summed E-state index contributed by atoms with van der Waals surface area (Å²) in [5.41, 5.74) is 2.27. The number of aromatic nitrogens is 2. The minimum absolute atomic E-state index is 0.0126. The van der Waals surface area contributed by atoms with Gasteiger partial charge in [0.05, 0.1) is 11.6 Å². The number of carbonyl (C=O) groups is 2. The van der Waals surface area contributed by atoms with Crippen LogP contribution in [0.5, 0.6) is 0 Å². The van der Waals surface area contributed by atoms with Crippen molar-refractivity contribution in [1.29, 1.82) is 0 Å². The van der Waals surface area contributed by atoms with Crippen molar-refractivity contribution in [2.45, 2.75) is 31.4 Å². The molecular weight excluding hydrogens is 465 g/mol. The van der Waals surface area contributed by atoms with Crippen LogP contribution in [-0.4, -0.2) is 59.9 Å². The van der Waals surface area contributed by atoms with Crippen LogP contribution in [0.1, 0.15) is 48.2 Å². The van der Waals surface area contributed by atoms with Crippen molar-refractivity contribution in [3.8, 4) is 0 Å². The van der Waals surface area contributed by atoms with Gasteiger partial charge in [-0.05, 0) is 30.0 Å². The topological polar surface area (TPSA) is 78.4 Å². The van der Waals surface area contributed by atoms with E-state index in [0.717, 1.165) is 21.4 Å². The highest BCUT2D eigenvalue weighted by Crippen LogP contribution is 2.44. The Labute approximate surface area is 189 Å². The maximum atomic E-state index is 14.3. The molecular formula is C22H25BrFN5O2. The summed E-state index contributed by atoms with van der Waals surface area (Å²) < 4.78 is 15.2. The fraction of sp³-hybridized carbons (Fsp3) is 0.455. The van der Waals surface area contributed by atoms with E-state index in [-0.39, 0.29) is 18.4 Å². The number of nitrogens with one attached hydrogen (secondary N) is 1. The molecule has 2 aromatic rings. The normalized spacial score (nSPS) is 21.5. The van der Waals surface area contributed by atoms with Gasteiger partial charge in [-0.25, -0.2) is 14.4 Å². The first-order valence-corrected chi connectivity index (χ1v) is 11.2. The van der Waals surface area contributed by atoms with Crippen LogP contribution in [0.25, 0.3) is 0 Å². The number of benzene rings is 1. The molecule has 1 aliphatic heterocycles. The van der Waals surface area contributed by atoms with Gasteiger partial charge in [-0.3, -0.25) is 9.59 Å². The second kappa shape index (κ2) is 9.30. The van der Waals surface area contributed by atoms with Crippen molar-refractivity contribution in [1.82, 2.24) is 20.2 Å². The van der Waals surface area contributed by atoms with E-state index < -0.39 is 12.1 Å². The largest absolute Gasteiger partial charge is 0.358 e. The molecule has 1 aromatic carbocycles. The van der Waals surface area contributed by atoms with E-state index in [1.165, 1.54) is 6.33 Å². The number of fused-ring (bicyclic) bond motifs is 1. The number of carbonyl (C=O) groups excluding carboxylic acids is 2. The molecule has 0 spiro atoms. The Morgan fingerprint density at radius 2 is 1.97 bits per heavy atom. The van der Waals surface area contributed by atoms with E-state index >= 15 is 0 Å². The zero-order chi connectivity index (χ0) is 22.0. The highest BCUT2D eigenvalue weighted by molar-refractivity contribution is 9.10. The first-order valence-electron chi connectivity index (χ1n) is 10.4. The summed E-state index contributed by atoms with van der Waals surface area (Å²) in [6, 6.07) is 7.58. The lowest BCUT2D eigenvalue weighted by Crippen LogP contribution is -2.51. The Balaban J connectivity index is 1.47. The highest BCUT2D eigenvalue weighted by Gasteiger charge is 2.35. The number of alkyl halides is 1. The molecule has 1 aromatic heterocycles. The Morgan fingerprint density at radius 1 is 1.26 bits per heavy atom. The lowest BCUT2D eigenvalue weighted by molar-refractivity contribution is -0.133. The quantitative estimate of drug-likeness (QED) is 0.631. The van der Waals surface area contributed by atoms with Crippen LogP contribution in [0.3, 0.4) is 0 Å². The summed E-state index contributed by atoms with van der Waals surface area (Å²) in [5.74, 6) is 0.413.